The number of amides is 2. The van der Waals surface area contributed by atoms with E-state index in [0.29, 0.717) is 33.1 Å². The van der Waals surface area contributed by atoms with Crippen LogP contribution in [0.3, 0.4) is 0 Å². The van der Waals surface area contributed by atoms with E-state index in [4.69, 9.17) is 9.15 Å². The molecular formula is C23H22N2O5S. The number of furan rings is 1. The van der Waals surface area contributed by atoms with Crippen LogP contribution in [0.5, 0.6) is 0 Å². The molecule has 0 aliphatic rings. The highest BCUT2D eigenvalue weighted by Gasteiger charge is 2.17. The molecule has 2 N–H and O–H groups in total. The van der Waals surface area contributed by atoms with Gasteiger partial charge in [0.1, 0.15) is 11.3 Å². The number of thioether (sulfide) groups is 1. The maximum atomic E-state index is 12.6. The smallest absolute Gasteiger partial charge is 0.341 e. The van der Waals surface area contributed by atoms with Gasteiger partial charge >= 0.3 is 5.97 Å². The summed E-state index contributed by atoms with van der Waals surface area (Å²) in [7, 11) is 1.30. The maximum absolute atomic E-state index is 12.6. The molecule has 7 nitrogen and oxygen atoms in total. The molecule has 0 bridgehead atoms. The van der Waals surface area contributed by atoms with Crippen LogP contribution in [0.25, 0.3) is 0 Å². The molecule has 0 unspecified atom stereocenters. The number of ether oxygens (including phenoxy) is 1. The molecule has 31 heavy (non-hydrogen) atoms. The number of aryl methyl sites for hydroxylation is 1. The number of hydrogen-bond acceptors (Lipinski definition) is 6. The molecule has 160 valence electrons. The van der Waals surface area contributed by atoms with Crippen molar-refractivity contribution >= 4 is 29.5 Å². The molecule has 2 aromatic carbocycles. The first kappa shape index (κ1) is 22.2. The van der Waals surface area contributed by atoms with Crippen LogP contribution in [-0.2, 0) is 16.9 Å². The van der Waals surface area contributed by atoms with Crippen molar-refractivity contribution in [1.29, 1.82) is 0 Å². The summed E-state index contributed by atoms with van der Waals surface area (Å²) < 4.78 is 10.1. The molecule has 0 aliphatic carbocycles. The van der Waals surface area contributed by atoms with Gasteiger partial charge in [-0.15, -0.1) is 11.8 Å². The van der Waals surface area contributed by atoms with Crippen LogP contribution in [0.2, 0.25) is 0 Å². The Balaban J connectivity index is 1.64. The number of nitrogens with one attached hydrogen (secondary N) is 2. The number of benzene rings is 2. The second-order valence-corrected chi connectivity index (χ2v) is 7.51. The Morgan fingerprint density at radius 1 is 0.935 bits per heavy atom. The first-order chi connectivity index (χ1) is 15.0. The lowest BCUT2D eigenvalue weighted by Gasteiger charge is -2.11. The minimum Gasteiger partial charge on any atom is -0.468 e. The lowest BCUT2D eigenvalue weighted by atomic mass is 10.1. The highest BCUT2D eigenvalue weighted by Crippen LogP contribution is 2.28. The summed E-state index contributed by atoms with van der Waals surface area (Å²) >= 11 is 1.33. The number of methoxy groups -OCH3 is 1. The van der Waals surface area contributed by atoms with Gasteiger partial charge in [-0.1, -0.05) is 31.2 Å². The monoisotopic (exact) mass is 438 g/mol. The maximum Gasteiger partial charge on any atom is 0.341 e. The van der Waals surface area contributed by atoms with Gasteiger partial charge in [-0.2, -0.15) is 0 Å². The molecule has 3 rings (SSSR count). The van der Waals surface area contributed by atoms with E-state index >= 15 is 0 Å². The van der Waals surface area contributed by atoms with Gasteiger partial charge < -0.3 is 9.15 Å². The first-order valence-electron chi connectivity index (χ1n) is 9.59. The fraction of sp³-hybridized carbons (Fsp3) is 0.174. The molecule has 0 saturated carbocycles. The topological polar surface area (TPSA) is 97.6 Å². The van der Waals surface area contributed by atoms with Crippen molar-refractivity contribution < 1.29 is 23.5 Å². The summed E-state index contributed by atoms with van der Waals surface area (Å²) in [6.07, 6.45) is 2.30. The zero-order valence-electron chi connectivity index (χ0n) is 17.1. The van der Waals surface area contributed by atoms with Crippen LogP contribution in [0.1, 0.15) is 49.3 Å². The standard InChI is InChI=1S/C23H22N2O5S/c1-3-15-8-10-16(11-9-15)21(26)24-25-22(27)18-6-4-5-7-20(18)31-14-19-17(12-13-30-19)23(28)29-2/h4-13H,3,14H2,1-2H3,(H,24,26)(H,25,27). The van der Waals surface area contributed by atoms with Crippen molar-refractivity contribution in [3.63, 3.8) is 0 Å². The van der Waals surface area contributed by atoms with Gasteiger partial charge in [0, 0.05) is 10.5 Å². The summed E-state index contributed by atoms with van der Waals surface area (Å²) in [6, 6.07) is 15.7. The van der Waals surface area contributed by atoms with Crippen LogP contribution in [-0.4, -0.2) is 24.9 Å². The average Bonchev–Trinajstić information content (AvgIpc) is 3.29. The number of hydrogen-bond donors (Lipinski definition) is 2. The number of rotatable bonds is 7. The lowest BCUT2D eigenvalue weighted by Crippen LogP contribution is -2.41. The van der Waals surface area contributed by atoms with E-state index in [0.717, 1.165) is 12.0 Å². The fourth-order valence-corrected chi connectivity index (χ4v) is 3.81. The molecule has 0 atom stereocenters. The van der Waals surface area contributed by atoms with Crippen LogP contribution in [0.4, 0.5) is 0 Å². The van der Waals surface area contributed by atoms with E-state index < -0.39 is 17.8 Å². The minimum atomic E-state index is -0.481. The molecule has 8 heteroatoms. The van der Waals surface area contributed by atoms with E-state index in [2.05, 4.69) is 10.9 Å². The normalized spacial score (nSPS) is 10.4. The van der Waals surface area contributed by atoms with E-state index in [1.165, 1.54) is 25.1 Å². The van der Waals surface area contributed by atoms with Crippen molar-refractivity contribution in [2.24, 2.45) is 0 Å². The summed E-state index contributed by atoms with van der Waals surface area (Å²) in [5, 5.41) is 0. The van der Waals surface area contributed by atoms with Gasteiger partial charge in [0.25, 0.3) is 11.8 Å². The Morgan fingerprint density at radius 3 is 2.35 bits per heavy atom. The molecule has 3 aromatic rings. The molecule has 0 aliphatic heterocycles. The van der Waals surface area contributed by atoms with E-state index in [1.807, 2.05) is 19.1 Å². The molecule has 0 saturated heterocycles. The largest absolute Gasteiger partial charge is 0.468 e. The zero-order valence-corrected chi connectivity index (χ0v) is 18.0. The summed E-state index contributed by atoms with van der Waals surface area (Å²) in [5.41, 5.74) is 7.20. The van der Waals surface area contributed by atoms with Crippen molar-refractivity contribution in [2.45, 2.75) is 24.0 Å². The second-order valence-electron chi connectivity index (χ2n) is 6.49. The molecular weight excluding hydrogens is 416 g/mol. The highest BCUT2D eigenvalue weighted by molar-refractivity contribution is 7.98. The van der Waals surface area contributed by atoms with Gasteiger partial charge in [0.15, 0.2) is 0 Å². The number of carbonyl (C=O) groups is 3. The van der Waals surface area contributed by atoms with Crippen LogP contribution < -0.4 is 10.9 Å². The van der Waals surface area contributed by atoms with Gasteiger partial charge in [0.05, 0.1) is 24.7 Å². The predicted molar refractivity (Wildman–Crippen MR) is 117 cm³/mol. The van der Waals surface area contributed by atoms with Gasteiger partial charge in [-0.3, -0.25) is 20.4 Å². The predicted octanol–water partition coefficient (Wildman–Crippen LogP) is 4.00. The van der Waals surface area contributed by atoms with Crippen LogP contribution in [0.15, 0.2) is 70.2 Å². The molecule has 0 fully saturated rings. The Hall–Kier alpha value is -3.52. The Labute approximate surface area is 184 Å². The Morgan fingerprint density at radius 2 is 1.65 bits per heavy atom. The third kappa shape index (κ3) is 5.55. The van der Waals surface area contributed by atoms with Crippen LogP contribution in [0, 0.1) is 0 Å². The quantitative estimate of drug-likeness (QED) is 0.329. The number of hydrazine groups is 1. The molecule has 1 heterocycles. The van der Waals surface area contributed by atoms with Crippen LogP contribution >= 0.6 is 11.8 Å². The average molecular weight is 439 g/mol. The highest BCUT2D eigenvalue weighted by atomic mass is 32.2. The molecule has 0 radical (unpaired) electrons. The molecule has 2 amide bonds. The van der Waals surface area contributed by atoms with E-state index in [9.17, 15) is 14.4 Å². The first-order valence-corrected chi connectivity index (χ1v) is 10.6. The summed E-state index contributed by atoms with van der Waals surface area (Å²) in [5.74, 6) is -0.549. The summed E-state index contributed by atoms with van der Waals surface area (Å²) in [4.78, 5) is 37.4. The molecule has 1 aromatic heterocycles. The second kappa shape index (κ2) is 10.5. The summed E-state index contributed by atoms with van der Waals surface area (Å²) in [6.45, 7) is 2.03. The molecule has 0 spiro atoms. The third-order valence-electron chi connectivity index (χ3n) is 4.56. The third-order valence-corrected chi connectivity index (χ3v) is 5.63. The van der Waals surface area contributed by atoms with Gasteiger partial charge in [0.2, 0.25) is 0 Å². The van der Waals surface area contributed by atoms with Crippen molar-refractivity contribution in [3.8, 4) is 0 Å². The van der Waals surface area contributed by atoms with E-state index in [1.54, 1.807) is 42.5 Å². The Bertz CT molecular complexity index is 1080. The number of carbonyl (C=O) groups excluding carboxylic acids is 3. The van der Waals surface area contributed by atoms with Crippen molar-refractivity contribution in [2.75, 3.05) is 7.11 Å². The van der Waals surface area contributed by atoms with Gasteiger partial charge in [-0.25, -0.2) is 4.79 Å². The van der Waals surface area contributed by atoms with Crippen molar-refractivity contribution in [1.82, 2.24) is 10.9 Å². The fourth-order valence-electron chi connectivity index (χ4n) is 2.81. The lowest BCUT2D eigenvalue weighted by molar-refractivity contribution is 0.0598. The van der Waals surface area contributed by atoms with Gasteiger partial charge in [-0.05, 0) is 42.3 Å². The SMILES string of the molecule is CCc1ccc(C(=O)NNC(=O)c2ccccc2SCc2occc2C(=O)OC)cc1. The minimum absolute atomic E-state index is 0.331. The van der Waals surface area contributed by atoms with Crippen molar-refractivity contribution in [3.05, 3.63) is 88.9 Å². The number of esters is 1. The van der Waals surface area contributed by atoms with E-state index in [-0.39, 0.29) is 0 Å². The zero-order chi connectivity index (χ0) is 22.2. The Kier molecular flexibility index (Phi) is 7.50.